The van der Waals surface area contributed by atoms with Crippen LogP contribution in [0.3, 0.4) is 0 Å². The van der Waals surface area contributed by atoms with E-state index in [0.717, 1.165) is 14.9 Å². The van der Waals surface area contributed by atoms with Crippen LogP contribution in [-0.4, -0.2) is 28.9 Å². The Morgan fingerprint density at radius 1 is 0.721 bits per heavy atom. The fraction of sp³-hybridized carbons (Fsp3) is 0.0909. The monoisotopic (exact) mass is 656 g/mol. The average Bonchev–Trinajstić information content (AvgIpc) is 3.00. The smallest absolute Gasteiger partial charge is 0.272 e. The van der Waals surface area contributed by atoms with Crippen molar-refractivity contribution in [3.05, 3.63) is 124 Å². The Bertz CT molecular complexity index is 1620. The van der Waals surface area contributed by atoms with E-state index in [9.17, 15) is 19.2 Å². The summed E-state index contributed by atoms with van der Waals surface area (Å²) in [6.45, 7) is 3.23. The minimum absolute atomic E-state index is 0.0880. The van der Waals surface area contributed by atoms with E-state index in [-0.39, 0.29) is 17.5 Å². The molecule has 0 aliphatic heterocycles. The lowest BCUT2D eigenvalue weighted by Gasteiger charge is -2.14. The summed E-state index contributed by atoms with van der Waals surface area (Å²) in [5.74, 6) is -1.22. The van der Waals surface area contributed by atoms with Gasteiger partial charge >= 0.3 is 0 Å². The SMILES string of the molecule is CC(=O)Nc1ccc(NC(=O)C(C)Sc2ccc(NC(=O)/C(=C/c3ccc(Br)cc3)NC(=O)c3ccccc3)cc2)cc1. The van der Waals surface area contributed by atoms with Crippen molar-refractivity contribution >= 4 is 74.5 Å². The number of benzene rings is 4. The fourth-order valence-corrected chi connectivity index (χ4v) is 4.96. The topological polar surface area (TPSA) is 116 Å². The summed E-state index contributed by atoms with van der Waals surface area (Å²) in [5, 5.41) is 10.7. The van der Waals surface area contributed by atoms with Crippen LogP contribution in [0.25, 0.3) is 6.08 Å². The second-order valence-electron chi connectivity index (χ2n) is 9.42. The van der Waals surface area contributed by atoms with E-state index in [1.54, 1.807) is 73.7 Å². The first kappa shape index (κ1) is 31.3. The molecule has 0 aromatic heterocycles. The van der Waals surface area contributed by atoms with Crippen LogP contribution in [0.15, 0.2) is 118 Å². The lowest BCUT2D eigenvalue weighted by molar-refractivity contribution is -0.115. The summed E-state index contributed by atoms with van der Waals surface area (Å²) in [4.78, 5) is 50.9. The summed E-state index contributed by atoms with van der Waals surface area (Å²) >= 11 is 4.77. The summed E-state index contributed by atoms with van der Waals surface area (Å²) in [7, 11) is 0. The molecule has 0 saturated heterocycles. The molecule has 10 heteroatoms. The number of halogens is 1. The van der Waals surface area contributed by atoms with Crippen molar-refractivity contribution in [1.29, 1.82) is 0 Å². The lowest BCUT2D eigenvalue weighted by atomic mass is 10.1. The van der Waals surface area contributed by atoms with Crippen molar-refractivity contribution in [1.82, 2.24) is 5.32 Å². The number of carbonyl (C=O) groups excluding carboxylic acids is 4. The summed E-state index contributed by atoms with van der Waals surface area (Å²) in [6, 6.07) is 30.0. The van der Waals surface area contributed by atoms with Gasteiger partial charge < -0.3 is 21.3 Å². The van der Waals surface area contributed by atoms with E-state index in [1.165, 1.54) is 18.7 Å². The summed E-state index contributed by atoms with van der Waals surface area (Å²) < 4.78 is 0.895. The molecule has 4 aromatic carbocycles. The van der Waals surface area contributed by atoms with Crippen molar-refractivity contribution in [3.63, 3.8) is 0 Å². The van der Waals surface area contributed by atoms with Crippen LogP contribution in [0.5, 0.6) is 0 Å². The molecule has 4 aromatic rings. The standard InChI is InChI=1S/C33H29BrN4O4S/c1-21(31(40)36-27-14-12-26(13-15-27)35-22(2)39)43-29-18-16-28(17-19-29)37-33(42)30(20-23-8-10-25(34)11-9-23)38-32(41)24-6-4-3-5-7-24/h3-21H,1-2H3,(H,35,39)(H,36,40)(H,37,42)(H,38,41)/b30-20-. The van der Waals surface area contributed by atoms with E-state index in [2.05, 4.69) is 37.2 Å². The molecule has 0 fully saturated rings. The highest BCUT2D eigenvalue weighted by Crippen LogP contribution is 2.26. The molecule has 1 unspecified atom stereocenters. The molecular weight excluding hydrogens is 628 g/mol. The van der Waals surface area contributed by atoms with E-state index in [0.29, 0.717) is 22.6 Å². The van der Waals surface area contributed by atoms with Crippen LogP contribution in [0.2, 0.25) is 0 Å². The van der Waals surface area contributed by atoms with E-state index < -0.39 is 17.1 Å². The van der Waals surface area contributed by atoms with Crippen LogP contribution in [0, 0.1) is 0 Å². The molecule has 0 spiro atoms. The highest BCUT2D eigenvalue weighted by Gasteiger charge is 2.17. The van der Waals surface area contributed by atoms with Gasteiger partial charge in [-0.2, -0.15) is 0 Å². The van der Waals surface area contributed by atoms with E-state index in [1.807, 2.05) is 42.5 Å². The molecule has 1 atom stereocenters. The molecule has 43 heavy (non-hydrogen) atoms. The first-order valence-electron chi connectivity index (χ1n) is 13.3. The van der Waals surface area contributed by atoms with Gasteiger partial charge in [-0.15, -0.1) is 11.8 Å². The third-order valence-electron chi connectivity index (χ3n) is 5.98. The number of thioether (sulfide) groups is 1. The van der Waals surface area contributed by atoms with Gasteiger partial charge in [0.05, 0.1) is 5.25 Å². The van der Waals surface area contributed by atoms with Crippen molar-refractivity contribution in [3.8, 4) is 0 Å². The first-order valence-corrected chi connectivity index (χ1v) is 14.9. The molecule has 0 aliphatic carbocycles. The molecule has 8 nitrogen and oxygen atoms in total. The second-order valence-corrected chi connectivity index (χ2v) is 11.7. The zero-order chi connectivity index (χ0) is 30.8. The minimum Gasteiger partial charge on any atom is -0.326 e. The summed E-state index contributed by atoms with van der Waals surface area (Å²) in [5.41, 5.74) is 3.06. The van der Waals surface area contributed by atoms with Crippen LogP contribution in [-0.2, 0) is 14.4 Å². The largest absolute Gasteiger partial charge is 0.326 e. The maximum absolute atomic E-state index is 13.3. The third kappa shape index (κ3) is 9.69. The van der Waals surface area contributed by atoms with E-state index in [4.69, 9.17) is 0 Å². The maximum Gasteiger partial charge on any atom is 0.272 e. The van der Waals surface area contributed by atoms with Crippen molar-refractivity contribution in [2.45, 2.75) is 24.0 Å². The maximum atomic E-state index is 13.3. The predicted molar refractivity (Wildman–Crippen MR) is 176 cm³/mol. The molecule has 4 amide bonds. The number of nitrogens with one attached hydrogen (secondary N) is 4. The molecule has 0 heterocycles. The van der Waals surface area contributed by atoms with Gasteiger partial charge in [0.1, 0.15) is 5.70 Å². The van der Waals surface area contributed by atoms with Gasteiger partial charge in [-0.1, -0.05) is 46.3 Å². The normalized spacial score (nSPS) is 11.7. The Balaban J connectivity index is 1.39. The van der Waals surface area contributed by atoms with Crippen LogP contribution < -0.4 is 21.3 Å². The molecule has 218 valence electrons. The van der Waals surface area contributed by atoms with Gasteiger partial charge in [-0.25, -0.2) is 0 Å². The zero-order valence-corrected chi connectivity index (χ0v) is 25.8. The Morgan fingerprint density at radius 3 is 1.88 bits per heavy atom. The first-order chi connectivity index (χ1) is 20.7. The van der Waals surface area contributed by atoms with Crippen molar-refractivity contribution in [2.75, 3.05) is 16.0 Å². The van der Waals surface area contributed by atoms with Gasteiger partial charge in [0.2, 0.25) is 11.8 Å². The van der Waals surface area contributed by atoms with E-state index >= 15 is 0 Å². The van der Waals surface area contributed by atoms with Gasteiger partial charge in [0.25, 0.3) is 11.8 Å². The van der Waals surface area contributed by atoms with Gasteiger partial charge in [0.15, 0.2) is 0 Å². The number of carbonyl (C=O) groups is 4. The van der Waals surface area contributed by atoms with Gasteiger partial charge in [0, 0.05) is 38.9 Å². The number of amides is 4. The molecule has 0 aliphatic rings. The zero-order valence-electron chi connectivity index (χ0n) is 23.4. The molecule has 0 bridgehead atoms. The van der Waals surface area contributed by atoms with Crippen LogP contribution in [0.4, 0.5) is 17.1 Å². The Morgan fingerprint density at radius 2 is 1.28 bits per heavy atom. The minimum atomic E-state index is -0.482. The molecule has 4 rings (SSSR count). The molecule has 0 saturated carbocycles. The lowest BCUT2D eigenvalue weighted by Crippen LogP contribution is -2.30. The Labute approximate surface area is 262 Å². The highest BCUT2D eigenvalue weighted by molar-refractivity contribution is 9.10. The Hall–Kier alpha value is -4.67. The van der Waals surface area contributed by atoms with Crippen LogP contribution >= 0.6 is 27.7 Å². The number of anilines is 3. The highest BCUT2D eigenvalue weighted by atomic mass is 79.9. The third-order valence-corrected chi connectivity index (χ3v) is 7.62. The van der Waals surface area contributed by atoms with Crippen molar-refractivity contribution in [2.24, 2.45) is 0 Å². The predicted octanol–water partition coefficient (Wildman–Crippen LogP) is 6.94. The van der Waals surface area contributed by atoms with Gasteiger partial charge in [-0.05, 0) is 91.4 Å². The Kier molecular flexibility index (Phi) is 10.9. The number of hydrogen-bond donors (Lipinski definition) is 4. The molecule has 4 N–H and O–H groups in total. The number of rotatable bonds is 10. The fourth-order valence-electron chi connectivity index (χ4n) is 3.83. The average molecular weight is 658 g/mol. The second kappa shape index (κ2) is 15.0. The van der Waals surface area contributed by atoms with Crippen LogP contribution in [0.1, 0.15) is 29.8 Å². The molecule has 0 radical (unpaired) electrons. The molecular formula is C33H29BrN4O4S. The van der Waals surface area contributed by atoms with Crippen molar-refractivity contribution < 1.29 is 19.2 Å². The van der Waals surface area contributed by atoms with Gasteiger partial charge in [-0.3, -0.25) is 19.2 Å². The summed E-state index contributed by atoms with van der Waals surface area (Å²) in [6.07, 6.45) is 1.61. The number of hydrogen-bond acceptors (Lipinski definition) is 5. The quantitative estimate of drug-likeness (QED) is 0.109.